The van der Waals surface area contributed by atoms with Crippen LogP contribution in [-0.2, 0) is 45.3 Å². The molecule has 0 bridgehead atoms. The van der Waals surface area contributed by atoms with Crippen molar-refractivity contribution >= 4 is 34.8 Å². The van der Waals surface area contributed by atoms with E-state index in [1.54, 1.807) is 31.6 Å². The summed E-state index contributed by atoms with van der Waals surface area (Å²) in [6.45, 7) is 5.66. The molecule has 1 amide bonds. The van der Waals surface area contributed by atoms with Crippen LogP contribution in [0.25, 0.3) is 0 Å². The molecule has 304 valence electrons. The third-order valence-corrected chi connectivity index (χ3v) is 10.3. The average Bonchev–Trinajstić information content (AvgIpc) is 4.06. The Labute approximate surface area is 342 Å². The second-order valence-electron chi connectivity index (χ2n) is 13.8. The van der Waals surface area contributed by atoms with Gasteiger partial charge in [-0.25, -0.2) is 33.1 Å². The Morgan fingerprint density at radius 3 is 2.22 bits per heavy atom. The highest BCUT2D eigenvalue weighted by molar-refractivity contribution is 6.35. The first-order valence-corrected chi connectivity index (χ1v) is 19.0. The molecular formula is C39H40Cl2F2N10O5. The number of hydrogen-bond acceptors (Lipinski definition) is 11. The first-order chi connectivity index (χ1) is 28.0. The van der Waals surface area contributed by atoms with Crippen molar-refractivity contribution in [2.45, 2.75) is 44.1 Å². The summed E-state index contributed by atoms with van der Waals surface area (Å²) in [6.07, 6.45) is 10.4. The van der Waals surface area contributed by atoms with Gasteiger partial charge in [-0.1, -0.05) is 35.3 Å². The molecule has 1 N–H and O–H groups in total. The molecule has 0 saturated carbocycles. The number of halogens is 4. The van der Waals surface area contributed by atoms with Crippen LogP contribution in [0.5, 0.6) is 5.75 Å². The van der Waals surface area contributed by atoms with Crippen molar-refractivity contribution in [3.05, 3.63) is 138 Å². The Morgan fingerprint density at radius 1 is 0.931 bits per heavy atom. The molecule has 2 fully saturated rings. The van der Waals surface area contributed by atoms with E-state index in [1.807, 2.05) is 46.0 Å². The Bertz CT molecular complexity index is 2210. The summed E-state index contributed by atoms with van der Waals surface area (Å²) in [5.41, 5.74) is 0.0701. The van der Waals surface area contributed by atoms with E-state index in [-0.39, 0.29) is 30.7 Å². The third kappa shape index (κ3) is 9.79. The number of aromatic nitrogens is 8. The van der Waals surface area contributed by atoms with E-state index >= 15 is 0 Å². The van der Waals surface area contributed by atoms with Crippen molar-refractivity contribution in [3.63, 3.8) is 0 Å². The molecule has 2 aliphatic rings. The van der Waals surface area contributed by atoms with Crippen LogP contribution in [0.4, 0.5) is 14.5 Å². The van der Waals surface area contributed by atoms with E-state index < -0.39 is 23.0 Å². The van der Waals surface area contributed by atoms with Gasteiger partial charge in [-0.15, -0.1) is 0 Å². The number of carbonyl (C=O) groups excluding carboxylic acids is 1. The van der Waals surface area contributed by atoms with Crippen molar-refractivity contribution in [2.24, 2.45) is 0 Å². The first kappa shape index (κ1) is 40.7. The van der Waals surface area contributed by atoms with Crippen molar-refractivity contribution in [1.82, 2.24) is 44.0 Å². The monoisotopic (exact) mass is 836 g/mol. The van der Waals surface area contributed by atoms with Gasteiger partial charge in [0.25, 0.3) is 0 Å². The van der Waals surface area contributed by atoms with Gasteiger partial charge in [-0.3, -0.25) is 4.79 Å². The summed E-state index contributed by atoms with van der Waals surface area (Å²) >= 11 is 12.7. The molecule has 3 aromatic heterocycles. The smallest absolute Gasteiger partial charge is 0.219 e. The summed E-state index contributed by atoms with van der Waals surface area (Å²) in [5.74, 6) is -1.76. The highest BCUT2D eigenvalue weighted by Gasteiger charge is 2.45. The van der Waals surface area contributed by atoms with E-state index in [0.29, 0.717) is 35.4 Å². The number of benzene rings is 3. The normalized spacial score (nSPS) is 18.2. The van der Waals surface area contributed by atoms with Gasteiger partial charge < -0.3 is 33.7 Å². The zero-order valence-corrected chi connectivity index (χ0v) is 32.8. The van der Waals surface area contributed by atoms with Gasteiger partial charge in [0, 0.05) is 73.4 Å². The summed E-state index contributed by atoms with van der Waals surface area (Å²) < 4.78 is 50.6. The maximum Gasteiger partial charge on any atom is 0.219 e. The summed E-state index contributed by atoms with van der Waals surface area (Å²) in [6, 6.07) is 16.3. The van der Waals surface area contributed by atoms with E-state index in [1.165, 1.54) is 40.7 Å². The third-order valence-electron chi connectivity index (χ3n) is 9.73. The van der Waals surface area contributed by atoms with Crippen molar-refractivity contribution < 1.29 is 32.9 Å². The Balaban J connectivity index is 0.000000199. The van der Waals surface area contributed by atoms with Crippen molar-refractivity contribution in [2.75, 3.05) is 44.3 Å². The molecule has 6 aromatic rings. The fraction of sp³-hybridized carbons (Fsp3) is 0.333. The molecule has 8 rings (SSSR count). The zero-order chi connectivity index (χ0) is 40.7. The molecule has 0 spiro atoms. The van der Waals surface area contributed by atoms with Crippen LogP contribution in [-0.4, -0.2) is 100 Å². The van der Waals surface area contributed by atoms with Crippen LogP contribution < -0.4 is 9.64 Å². The Hall–Kier alpha value is -5.46. The van der Waals surface area contributed by atoms with E-state index in [9.17, 15) is 18.7 Å². The number of hydrogen-bond donors (Lipinski definition) is 1. The fourth-order valence-electron chi connectivity index (χ4n) is 6.85. The maximum atomic E-state index is 14.1. The molecule has 2 saturated heterocycles. The van der Waals surface area contributed by atoms with Crippen molar-refractivity contribution in [1.29, 1.82) is 0 Å². The SMILES string of the molecule is CC(=O)N1CCN(c2ccc(OCC3COC(Cn4ccnc4)(c4ccc(Cl)cc4Cl)O3)cc2)CC1.OC(Cn1cncn1)(Cn1cncn1)c1ccc(F)cc1F. The van der Waals surface area contributed by atoms with Gasteiger partial charge in [0.15, 0.2) is 0 Å². The molecule has 2 aliphatic heterocycles. The number of anilines is 1. The van der Waals surface area contributed by atoms with Gasteiger partial charge in [-0.2, -0.15) is 10.2 Å². The predicted octanol–water partition coefficient (Wildman–Crippen LogP) is 4.94. The van der Waals surface area contributed by atoms with E-state index in [0.717, 1.165) is 49.7 Å². The van der Waals surface area contributed by atoms with Gasteiger partial charge in [0.05, 0.1) is 37.6 Å². The molecule has 0 radical (unpaired) electrons. The van der Waals surface area contributed by atoms with Crippen LogP contribution in [0.3, 0.4) is 0 Å². The first-order valence-electron chi connectivity index (χ1n) is 18.3. The molecular weight excluding hydrogens is 797 g/mol. The Kier molecular flexibility index (Phi) is 12.6. The van der Waals surface area contributed by atoms with Crippen molar-refractivity contribution in [3.8, 4) is 5.75 Å². The number of nitrogens with zero attached hydrogens (tertiary/aromatic N) is 10. The lowest BCUT2D eigenvalue weighted by Crippen LogP contribution is -2.48. The van der Waals surface area contributed by atoms with Gasteiger partial charge >= 0.3 is 0 Å². The fourth-order valence-corrected chi connectivity index (χ4v) is 7.40. The maximum absolute atomic E-state index is 14.1. The van der Waals surface area contributed by atoms with Crippen LogP contribution in [0.15, 0.2) is 105 Å². The molecule has 2 atom stereocenters. The molecule has 15 nitrogen and oxygen atoms in total. The molecule has 58 heavy (non-hydrogen) atoms. The van der Waals surface area contributed by atoms with Crippen LogP contribution in [0.2, 0.25) is 10.0 Å². The minimum Gasteiger partial charge on any atom is -0.491 e. The van der Waals surface area contributed by atoms with Crippen LogP contribution in [0.1, 0.15) is 18.1 Å². The highest BCUT2D eigenvalue weighted by Crippen LogP contribution is 2.40. The van der Waals surface area contributed by atoms with Gasteiger partial charge in [0.2, 0.25) is 11.7 Å². The average molecular weight is 838 g/mol. The molecule has 5 heterocycles. The molecule has 19 heteroatoms. The minimum atomic E-state index is -1.70. The standard InChI is InChI=1S/C26H28Cl2N4O4.C13H12F2N6O/c1-19(33)31-10-12-32(13-11-31)21-3-5-22(6-4-21)34-15-23-16-35-26(36-23,17-30-9-8-29-18-30)24-7-2-20(27)14-25(24)28;14-10-1-2-11(12(15)3-10)13(22,4-20-8-16-6-18-20)5-21-9-17-7-19-21/h2-9,14,18,23H,10-13,15-17H2,1H3;1-3,6-9,22H,4-5H2. The molecule has 0 aliphatic carbocycles. The second kappa shape index (κ2) is 18.0. The number of rotatable bonds is 12. The number of ether oxygens (including phenoxy) is 3. The quantitative estimate of drug-likeness (QED) is 0.179. The van der Waals surface area contributed by atoms with Gasteiger partial charge in [0.1, 0.15) is 61.0 Å². The lowest BCUT2D eigenvalue weighted by molar-refractivity contribution is -0.189. The number of amides is 1. The second-order valence-corrected chi connectivity index (χ2v) is 14.6. The Morgan fingerprint density at radius 2 is 1.64 bits per heavy atom. The van der Waals surface area contributed by atoms with Crippen LogP contribution >= 0.6 is 23.2 Å². The lowest BCUT2D eigenvalue weighted by atomic mass is 9.93. The summed E-state index contributed by atoms with van der Waals surface area (Å²) in [4.78, 5) is 27.4. The minimum absolute atomic E-state index is 0.0556. The van der Waals surface area contributed by atoms with E-state index in [4.69, 9.17) is 37.4 Å². The number of carbonyl (C=O) groups is 1. The molecule has 2 unspecified atom stereocenters. The summed E-state index contributed by atoms with van der Waals surface area (Å²) in [7, 11) is 0. The van der Waals surface area contributed by atoms with Gasteiger partial charge in [-0.05, 0) is 42.5 Å². The topological polar surface area (TPSA) is 151 Å². The van der Waals surface area contributed by atoms with Crippen LogP contribution in [0, 0.1) is 11.6 Å². The highest BCUT2D eigenvalue weighted by atomic mass is 35.5. The number of imidazole rings is 1. The number of aliphatic hydroxyl groups is 1. The zero-order valence-electron chi connectivity index (χ0n) is 31.3. The largest absolute Gasteiger partial charge is 0.491 e. The summed E-state index contributed by atoms with van der Waals surface area (Å²) in [5, 5.41) is 19.8. The van der Waals surface area contributed by atoms with E-state index in [2.05, 4.69) is 30.0 Å². The predicted molar refractivity (Wildman–Crippen MR) is 208 cm³/mol. The molecule has 3 aromatic carbocycles. The number of piperazine rings is 1. The lowest BCUT2D eigenvalue weighted by Gasteiger charge is -2.35.